The number of piperazine rings is 1. The Kier molecular flexibility index (Phi) is 3.60. The summed E-state index contributed by atoms with van der Waals surface area (Å²) < 4.78 is 27.2. The van der Waals surface area contributed by atoms with E-state index < -0.39 is 17.7 Å². The molecule has 1 atom stereocenters. The average molecular weight is 306 g/mol. The Labute approximate surface area is 126 Å². The van der Waals surface area contributed by atoms with Gasteiger partial charge >= 0.3 is 6.09 Å². The van der Waals surface area contributed by atoms with E-state index in [0.29, 0.717) is 25.0 Å². The van der Waals surface area contributed by atoms with Crippen LogP contribution < -0.4 is 4.90 Å². The van der Waals surface area contributed by atoms with Gasteiger partial charge in [-0.2, -0.15) is 0 Å². The van der Waals surface area contributed by atoms with Crippen molar-refractivity contribution >= 4 is 22.6 Å². The molecule has 1 aliphatic heterocycles. The van der Waals surface area contributed by atoms with E-state index in [4.69, 9.17) is 5.11 Å². The first-order valence-corrected chi connectivity index (χ1v) is 7.09. The van der Waals surface area contributed by atoms with Gasteiger partial charge in [-0.1, -0.05) is 0 Å². The van der Waals surface area contributed by atoms with E-state index in [0.717, 1.165) is 5.69 Å². The van der Waals surface area contributed by atoms with Gasteiger partial charge in [-0.15, -0.1) is 0 Å². The number of hydrogen-bond donors (Lipinski definition) is 1. The van der Waals surface area contributed by atoms with Crippen LogP contribution in [-0.4, -0.2) is 41.8 Å². The van der Waals surface area contributed by atoms with E-state index in [1.165, 1.54) is 23.1 Å². The number of carbonyl (C=O) groups is 1. The maximum atomic E-state index is 13.9. The third-order valence-electron chi connectivity index (χ3n) is 4.12. The molecule has 6 heteroatoms. The lowest BCUT2D eigenvalue weighted by Gasteiger charge is -2.39. The fourth-order valence-corrected chi connectivity index (χ4v) is 3.01. The van der Waals surface area contributed by atoms with Crippen molar-refractivity contribution in [2.45, 2.75) is 13.0 Å². The molecule has 0 saturated carbocycles. The fourth-order valence-electron chi connectivity index (χ4n) is 3.01. The van der Waals surface area contributed by atoms with Crippen molar-refractivity contribution in [3.63, 3.8) is 0 Å². The zero-order chi connectivity index (χ0) is 15.9. The summed E-state index contributed by atoms with van der Waals surface area (Å²) in [4.78, 5) is 14.5. The van der Waals surface area contributed by atoms with Crippen molar-refractivity contribution in [2.24, 2.45) is 0 Å². The third kappa shape index (κ3) is 2.45. The Morgan fingerprint density at radius 3 is 2.64 bits per heavy atom. The highest BCUT2D eigenvalue weighted by Crippen LogP contribution is 2.31. The molecule has 1 saturated heterocycles. The summed E-state index contributed by atoms with van der Waals surface area (Å²) in [6, 6.07) is 6.89. The number of benzene rings is 2. The van der Waals surface area contributed by atoms with E-state index in [9.17, 15) is 13.6 Å². The zero-order valence-electron chi connectivity index (χ0n) is 12.1. The largest absolute Gasteiger partial charge is 0.465 e. The SMILES string of the molecule is C[C@@H]1CN(c2ccc(F)c3cc(F)ccc23)CCN1C(=O)O. The smallest absolute Gasteiger partial charge is 0.407 e. The molecule has 0 bridgehead atoms. The van der Waals surface area contributed by atoms with Crippen LogP contribution in [0.5, 0.6) is 0 Å². The Balaban J connectivity index is 1.98. The summed E-state index contributed by atoms with van der Waals surface area (Å²) in [6.45, 7) is 3.27. The summed E-state index contributed by atoms with van der Waals surface area (Å²) in [5.41, 5.74) is 0.799. The van der Waals surface area contributed by atoms with E-state index in [1.807, 2.05) is 11.8 Å². The predicted molar refractivity (Wildman–Crippen MR) is 80.3 cm³/mol. The minimum absolute atomic E-state index is 0.160. The highest BCUT2D eigenvalue weighted by Gasteiger charge is 2.28. The average Bonchev–Trinajstić information content (AvgIpc) is 2.47. The van der Waals surface area contributed by atoms with E-state index in [2.05, 4.69) is 0 Å². The van der Waals surface area contributed by atoms with Crippen molar-refractivity contribution in [1.29, 1.82) is 0 Å². The van der Waals surface area contributed by atoms with Gasteiger partial charge in [0.1, 0.15) is 11.6 Å². The van der Waals surface area contributed by atoms with Gasteiger partial charge in [-0.25, -0.2) is 13.6 Å². The first-order chi connectivity index (χ1) is 10.5. The molecule has 0 unspecified atom stereocenters. The molecule has 0 spiro atoms. The van der Waals surface area contributed by atoms with Crippen LogP contribution in [0.2, 0.25) is 0 Å². The number of amides is 1. The minimum atomic E-state index is -0.932. The predicted octanol–water partition coefficient (Wildman–Crippen LogP) is 3.31. The molecule has 1 heterocycles. The van der Waals surface area contributed by atoms with Crippen molar-refractivity contribution in [3.8, 4) is 0 Å². The van der Waals surface area contributed by atoms with Crippen LogP contribution in [0.25, 0.3) is 10.8 Å². The van der Waals surface area contributed by atoms with Gasteiger partial charge < -0.3 is 14.9 Å². The van der Waals surface area contributed by atoms with Crippen LogP contribution in [0.15, 0.2) is 30.3 Å². The third-order valence-corrected chi connectivity index (χ3v) is 4.12. The molecule has 1 fully saturated rings. The van der Waals surface area contributed by atoms with Gasteiger partial charge in [0.2, 0.25) is 0 Å². The maximum absolute atomic E-state index is 13.9. The first-order valence-electron chi connectivity index (χ1n) is 7.09. The molecular formula is C16H16F2N2O2. The molecule has 1 aliphatic rings. The summed E-state index contributed by atoms with van der Waals surface area (Å²) in [5, 5.41) is 10.00. The Morgan fingerprint density at radius 2 is 1.95 bits per heavy atom. The molecule has 4 nitrogen and oxygen atoms in total. The van der Waals surface area contributed by atoms with Gasteiger partial charge in [0.25, 0.3) is 0 Å². The van der Waals surface area contributed by atoms with Crippen molar-refractivity contribution in [3.05, 3.63) is 42.0 Å². The Bertz CT molecular complexity index is 735. The number of halogens is 2. The molecule has 2 aromatic carbocycles. The summed E-state index contributed by atoms with van der Waals surface area (Å²) in [5.74, 6) is -0.942. The summed E-state index contributed by atoms with van der Waals surface area (Å²) >= 11 is 0. The monoisotopic (exact) mass is 306 g/mol. The maximum Gasteiger partial charge on any atom is 0.407 e. The standard InChI is InChI=1S/C16H16F2N2O2/c1-10-9-19(6-7-20(10)16(21)22)15-5-4-14(18)13-8-11(17)2-3-12(13)15/h2-5,8,10H,6-7,9H2,1H3,(H,21,22)/t10-/m1/s1. The topological polar surface area (TPSA) is 43.8 Å². The van der Waals surface area contributed by atoms with Gasteiger partial charge in [0.05, 0.1) is 0 Å². The molecule has 116 valence electrons. The van der Waals surface area contributed by atoms with E-state index in [1.54, 1.807) is 12.1 Å². The summed E-state index contributed by atoms with van der Waals surface area (Å²) in [7, 11) is 0. The second kappa shape index (κ2) is 5.44. The van der Waals surface area contributed by atoms with Crippen LogP contribution >= 0.6 is 0 Å². The van der Waals surface area contributed by atoms with Crippen LogP contribution in [0.3, 0.4) is 0 Å². The highest BCUT2D eigenvalue weighted by atomic mass is 19.1. The lowest BCUT2D eigenvalue weighted by Crippen LogP contribution is -2.53. The number of nitrogens with zero attached hydrogens (tertiary/aromatic N) is 2. The van der Waals surface area contributed by atoms with Crippen LogP contribution in [-0.2, 0) is 0 Å². The number of carboxylic acid groups (broad SMARTS) is 1. The minimum Gasteiger partial charge on any atom is -0.465 e. The lowest BCUT2D eigenvalue weighted by atomic mass is 10.1. The van der Waals surface area contributed by atoms with Crippen LogP contribution in [0, 0.1) is 11.6 Å². The molecule has 1 amide bonds. The second-order valence-electron chi connectivity index (χ2n) is 5.53. The van der Waals surface area contributed by atoms with Crippen molar-refractivity contribution in [2.75, 3.05) is 24.5 Å². The van der Waals surface area contributed by atoms with Crippen LogP contribution in [0.4, 0.5) is 19.3 Å². The van der Waals surface area contributed by atoms with Crippen molar-refractivity contribution < 1.29 is 18.7 Å². The van der Waals surface area contributed by atoms with E-state index in [-0.39, 0.29) is 11.4 Å². The molecule has 3 rings (SSSR count). The van der Waals surface area contributed by atoms with Crippen LogP contribution in [0.1, 0.15) is 6.92 Å². The molecule has 0 aromatic heterocycles. The van der Waals surface area contributed by atoms with E-state index >= 15 is 0 Å². The van der Waals surface area contributed by atoms with Gasteiger partial charge in [0.15, 0.2) is 0 Å². The highest BCUT2D eigenvalue weighted by molar-refractivity contribution is 5.95. The van der Waals surface area contributed by atoms with Gasteiger partial charge in [-0.05, 0) is 37.3 Å². The Morgan fingerprint density at radius 1 is 1.18 bits per heavy atom. The molecule has 1 N–H and O–H groups in total. The number of anilines is 1. The Hall–Kier alpha value is -2.37. The molecule has 0 aliphatic carbocycles. The normalized spacial score (nSPS) is 18.8. The number of rotatable bonds is 1. The molecular weight excluding hydrogens is 290 g/mol. The van der Waals surface area contributed by atoms with Gasteiger partial charge in [0, 0.05) is 42.1 Å². The van der Waals surface area contributed by atoms with Gasteiger partial charge in [-0.3, -0.25) is 0 Å². The number of hydrogen-bond acceptors (Lipinski definition) is 2. The number of fused-ring (bicyclic) bond motifs is 1. The van der Waals surface area contributed by atoms with Crippen molar-refractivity contribution in [1.82, 2.24) is 4.90 Å². The molecule has 2 aromatic rings. The summed E-state index contributed by atoms with van der Waals surface area (Å²) in [6.07, 6.45) is -0.932. The molecule has 0 radical (unpaired) electrons. The quantitative estimate of drug-likeness (QED) is 0.879. The second-order valence-corrected chi connectivity index (χ2v) is 5.53. The zero-order valence-corrected chi connectivity index (χ0v) is 12.1. The lowest BCUT2D eigenvalue weighted by molar-refractivity contribution is 0.123. The fraction of sp³-hybridized carbons (Fsp3) is 0.312. The molecule has 22 heavy (non-hydrogen) atoms. The first kappa shape index (κ1) is 14.6.